The maximum atomic E-state index is 12.9. The minimum Gasteiger partial charge on any atom is -0.319 e. The van der Waals surface area contributed by atoms with Crippen LogP contribution in [0.2, 0.25) is 5.15 Å². The molecule has 0 fully saturated rings. The predicted octanol–water partition coefficient (Wildman–Crippen LogP) is 1.85. The van der Waals surface area contributed by atoms with Crippen LogP contribution in [0.5, 0.6) is 0 Å². The van der Waals surface area contributed by atoms with E-state index < -0.39 is 11.7 Å². The van der Waals surface area contributed by atoms with Crippen molar-refractivity contribution in [2.75, 3.05) is 5.32 Å². The highest BCUT2D eigenvalue weighted by atomic mass is 35.5. The van der Waals surface area contributed by atoms with Crippen molar-refractivity contribution >= 4 is 23.2 Å². The van der Waals surface area contributed by atoms with Crippen LogP contribution in [-0.4, -0.2) is 21.1 Å². The van der Waals surface area contributed by atoms with E-state index in [0.29, 0.717) is 5.69 Å². The van der Waals surface area contributed by atoms with Crippen molar-refractivity contribution in [1.82, 2.24) is 15.2 Å². The zero-order valence-corrected chi connectivity index (χ0v) is 8.62. The van der Waals surface area contributed by atoms with E-state index in [-0.39, 0.29) is 10.7 Å². The van der Waals surface area contributed by atoms with E-state index >= 15 is 0 Å². The van der Waals surface area contributed by atoms with Crippen molar-refractivity contribution in [2.45, 2.75) is 0 Å². The number of pyridine rings is 1. The number of halogens is 2. The van der Waals surface area contributed by atoms with Gasteiger partial charge in [0.25, 0.3) is 5.91 Å². The number of nitrogens with one attached hydrogen (secondary N) is 2. The average Bonchev–Trinajstić information content (AvgIpc) is 2.74. The summed E-state index contributed by atoms with van der Waals surface area (Å²) in [4.78, 5) is 15.2. The normalized spacial score (nSPS) is 10.1. The van der Waals surface area contributed by atoms with Crippen molar-refractivity contribution in [3.05, 3.63) is 41.2 Å². The van der Waals surface area contributed by atoms with Crippen LogP contribution >= 0.6 is 11.6 Å². The van der Waals surface area contributed by atoms with Crippen LogP contribution in [0.3, 0.4) is 0 Å². The molecule has 1 amide bonds. The number of rotatable bonds is 2. The van der Waals surface area contributed by atoms with Crippen LogP contribution < -0.4 is 5.32 Å². The number of amides is 1. The minimum atomic E-state index is -0.623. The number of H-pyrrole nitrogens is 1. The van der Waals surface area contributed by atoms with Gasteiger partial charge in [-0.15, -0.1) is 0 Å². The highest BCUT2D eigenvalue weighted by Crippen LogP contribution is 2.15. The Balaban J connectivity index is 2.24. The SMILES string of the molecule is O=C(Nc1cn[nH]c1)c1cc(F)cnc1Cl. The molecular formula is C9H6ClFN4O. The minimum absolute atomic E-state index is 0.0251. The lowest BCUT2D eigenvalue weighted by atomic mass is 10.2. The Labute approximate surface area is 94.7 Å². The van der Waals surface area contributed by atoms with Gasteiger partial charge in [0, 0.05) is 6.20 Å². The van der Waals surface area contributed by atoms with Gasteiger partial charge in [-0.2, -0.15) is 5.10 Å². The molecule has 0 atom stereocenters. The molecule has 0 saturated carbocycles. The van der Waals surface area contributed by atoms with Gasteiger partial charge in [0.1, 0.15) is 11.0 Å². The van der Waals surface area contributed by atoms with E-state index in [0.717, 1.165) is 12.3 Å². The van der Waals surface area contributed by atoms with Crippen LogP contribution in [-0.2, 0) is 0 Å². The molecule has 0 aliphatic heterocycles. The van der Waals surface area contributed by atoms with Gasteiger partial charge in [-0.05, 0) is 6.07 Å². The first-order valence-corrected chi connectivity index (χ1v) is 4.66. The second-order valence-corrected chi connectivity index (χ2v) is 3.29. The summed E-state index contributed by atoms with van der Waals surface area (Å²) in [5.74, 6) is -1.17. The van der Waals surface area contributed by atoms with Gasteiger partial charge in [-0.1, -0.05) is 11.6 Å². The Kier molecular flexibility index (Phi) is 2.82. The van der Waals surface area contributed by atoms with Crippen LogP contribution in [0.25, 0.3) is 0 Å². The third-order valence-electron chi connectivity index (χ3n) is 1.81. The van der Waals surface area contributed by atoms with Gasteiger partial charge in [-0.25, -0.2) is 9.37 Å². The van der Waals surface area contributed by atoms with E-state index in [9.17, 15) is 9.18 Å². The Hall–Kier alpha value is -1.95. The molecular weight excluding hydrogens is 235 g/mol. The standard InChI is InChI=1S/C9H6ClFN4O/c10-8-7(1-5(11)2-12-8)9(16)15-6-3-13-14-4-6/h1-4H,(H,13,14)(H,15,16). The highest BCUT2D eigenvalue weighted by Gasteiger charge is 2.13. The number of hydrogen-bond acceptors (Lipinski definition) is 3. The molecule has 2 N–H and O–H groups in total. The van der Waals surface area contributed by atoms with E-state index in [4.69, 9.17) is 11.6 Å². The summed E-state index contributed by atoms with van der Waals surface area (Å²) in [6.07, 6.45) is 3.84. The monoisotopic (exact) mass is 240 g/mol. The van der Waals surface area contributed by atoms with Gasteiger partial charge in [0.2, 0.25) is 0 Å². The summed E-state index contributed by atoms with van der Waals surface area (Å²) >= 11 is 5.67. The second-order valence-electron chi connectivity index (χ2n) is 2.93. The molecule has 0 bridgehead atoms. The number of anilines is 1. The fraction of sp³-hybridized carbons (Fsp3) is 0. The smallest absolute Gasteiger partial charge is 0.258 e. The van der Waals surface area contributed by atoms with E-state index in [1.807, 2.05) is 0 Å². The summed E-state index contributed by atoms with van der Waals surface area (Å²) in [7, 11) is 0. The van der Waals surface area contributed by atoms with Gasteiger partial charge < -0.3 is 5.32 Å². The van der Waals surface area contributed by atoms with Crippen molar-refractivity contribution in [3.63, 3.8) is 0 Å². The van der Waals surface area contributed by atoms with Gasteiger partial charge >= 0.3 is 0 Å². The second kappa shape index (κ2) is 4.28. The number of hydrogen-bond donors (Lipinski definition) is 2. The molecule has 82 valence electrons. The molecule has 2 aromatic heterocycles. The molecule has 2 heterocycles. The number of nitrogens with zero attached hydrogens (tertiary/aromatic N) is 2. The number of carbonyl (C=O) groups is 1. The molecule has 0 aromatic carbocycles. The number of aromatic amines is 1. The Morgan fingerprint density at radius 3 is 3.00 bits per heavy atom. The van der Waals surface area contributed by atoms with Crippen LogP contribution in [0.1, 0.15) is 10.4 Å². The van der Waals surface area contributed by atoms with Crippen LogP contribution in [0.15, 0.2) is 24.7 Å². The van der Waals surface area contributed by atoms with Crippen molar-refractivity contribution in [3.8, 4) is 0 Å². The van der Waals surface area contributed by atoms with Crippen molar-refractivity contribution in [2.24, 2.45) is 0 Å². The van der Waals surface area contributed by atoms with Crippen molar-refractivity contribution in [1.29, 1.82) is 0 Å². The molecule has 0 spiro atoms. The zero-order valence-electron chi connectivity index (χ0n) is 7.87. The largest absolute Gasteiger partial charge is 0.319 e. The molecule has 0 unspecified atom stereocenters. The molecule has 0 saturated heterocycles. The fourth-order valence-electron chi connectivity index (χ4n) is 1.10. The van der Waals surface area contributed by atoms with Gasteiger partial charge in [-0.3, -0.25) is 9.89 Å². The molecule has 0 radical (unpaired) electrons. The summed E-state index contributed by atoms with van der Waals surface area (Å²) in [5, 5.41) is 8.60. The Bertz CT molecular complexity index is 514. The average molecular weight is 241 g/mol. The first-order valence-electron chi connectivity index (χ1n) is 4.28. The third-order valence-corrected chi connectivity index (χ3v) is 2.11. The first-order chi connectivity index (χ1) is 7.66. The summed E-state index contributed by atoms with van der Waals surface area (Å²) in [6.45, 7) is 0. The number of aromatic nitrogens is 3. The predicted molar refractivity (Wildman–Crippen MR) is 55.7 cm³/mol. The van der Waals surface area contributed by atoms with Gasteiger partial charge in [0.15, 0.2) is 0 Å². The maximum Gasteiger partial charge on any atom is 0.258 e. The molecule has 0 aliphatic carbocycles. The molecule has 16 heavy (non-hydrogen) atoms. The molecule has 7 heteroatoms. The van der Waals surface area contributed by atoms with Crippen molar-refractivity contribution < 1.29 is 9.18 Å². The highest BCUT2D eigenvalue weighted by molar-refractivity contribution is 6.33. The molecule has 2 aromatic rings. The Morgan fingerprint density at radius 1 is 1.50 bits per heavy atom. The number of carbonyl (C=O) groups excluding carboxylic acids is 1. The van der Waals surface area contributed by atoms with E-state index in [1.54, 1.807) is 0 Å². The third kappa shape index (κ3) is 2.17. The lowest BCUT2D eigenvalue weighted by Gasteiger charge is -2.03. The quantitative estimate of drug-likeness (QED) is 0.787. The van der Waals surface area contributed by atoms with Gasteiger partial charge in [0.05, 0.1) is 23.6 Å². The molecule has 2 rings (SSSR count). The summed E-state index contributed by atoms with van der Waals surface area (Å²) < 4.78 is 12.9. The van der Waals surface area contributed by atoms with Crippen LogP contribution in [0, 0.1) is 5.82 Å². The molecule has 5 nitrogen and oxygen atoms in total. The lowest BCUT2D eigenvalue weighted by Crippen LogP contribution is -2.12. The lowest BCUT2D eigenvalue weighted by molar-refractivity contribution is 0.102. The van der Waals surface area contributed by atoms with E-state index in [1.165, 1.54) is 12.4 Å². The fourth-order valence-corrected chi connectivity index (χ4v) is 1.29. The van der Waals surface area contributed by atoms with E-state index in [2.05, 4.69) is 20.5 Å². The Morgan fingerprint density at radius 2 is 2.31 bits per heavy atom. The first kappa shape index (κ1) is 10.6. The van der Waals surface area contributed by atoms with Crippen LogP contribution in [0.4, 0.5) is 10.1 Å². The summed E-state index contributed by atoms with van der Waals surface area (Å²) in [5.41, 5.74) is 0.438. The zero-order chi connectivity index (χ0) is 11.5. The topological polar surface area (TPSA) is 70.7 Å². The maximum absolute atomic E-state index is 12.9. The molecule has 0 aliphatic rings. The summed E-state index contributed by atoms with van der Waals surface area (Å²) in [6, 6.07) is 1.02.